The highest BCUT2D eigenvalue weighted by atomic mass is 16.5. The molecule has 0 aromatic rings. The van der Waals surface area contributed by atoms with Crippen LogP contribution in [0.2, 0.25) is 0 Å². The molecule has 1 amide bonds. The Morgan fingerprint density at radius 2 is 2.11 bits per heavy atom. The van der Waals surface area contributed by atoms with E-state index in [0.717, 1.165) is 32.3 Å². The van der Waals surface area contributed by atoms with Crippen LogP contribution >= 0.6 is 0 Å². The third kappa shape index (κ3) is 4.42. The molecule has 2 aliphatic rings. The number of rotatable bonds is 5. The SMILES string of the molecule is NCC1(OCC(=O)NC2CCOCC2)CCCOC1. The molecule has 0 aromatic heterocycles. The van der Waals surface area contributed by atoms with Crippen molar-refractivity contribution in [1.29, 1.82) is 0 Å². The molecule has 0 spiro atoms. The van der Waals surface area contributed by atoms with E-state index >= 15 is 0 Å². The molecule has 2 heterocycles. The largest absolute Gasteiger partial charge is 0.381 e. The fraction of sp³-hybridized carbons (Fsp3) is 0.923. The molecule has 2 saturated heterocycles. The first kappa shape index (κ1) is 14.7. The van der Waals surface area contributed by atoms with Gasteiger partial charge in [0.1, 0.15) is 12.2 Å². The van der Waals surface area contributed by atoms with E-state index in [4.69, 9.17) is 19.9 Å². The first-order valence-electron chi connectivity index (χ1n) is 7.03. The highest BCUT2D eigenvalue weighted by molar-refractivity contribution is 5.77. The van der Waals surface area contributed by atoms with E-state index in [9.17, 15) is 4.79 Å². The van der Waals surface area contributed by atoms with E-state index in [2.05, 4.69) is 5.32 Å². The van der Waals surface area contributed by atoms with Gasteiger partial charge in [-0.1, -0.05) is 0 Å². The minimum Gasteiger partial charge on any atom is -0.381 e. The predicted molar refractivity (Wildman–Crippen MR) is 69.8 cm³/mol. The normalized spacial score (nSPS) is 29.1. The number of nitrogens with two attached hydrogens (primary N) is 1. The zero-order chi connectivity index (χ0) is 13.6. The van der Waals surface area contributed by atoms with Crippen LogP contribution in [0.1, 0.15) is 25.7 Å². The van der Waals surface area contributed by atoms with Crippen LogP contribution in [-0.4, -0.2) is 57.1 Å². The summed E-state index contributed by atoms with van der Waals surface area (Å²) in [5.74, 6) is -0.0784. The number of ether oxygens (including phenoxy) is 3. The topological polar surface area (TPSA) is 82.8 Å². The summed E-state index contributed by atoms with van der Waals surface area (Å²) in [7, 11) is 0. The number of carbonyl (C=O) groups is 1. The Hall–Kier alpha value is -0.690. The number of hydrogen-bond donors (Lipinski definition) is 2. The predicted octanol–water partition coefficient (Wildman–Crippen LogP) is -0.194. The Kier molecular flexibility index (Phi) is 5.57. The summed E-state index contributed by atoms with van der Waals surface area (Å²) in [6.07, 6.45) is 3.53. The monoisotopic (exact) mass is 272 g/mol. The van der Waals surface area contributed by atoms with Gasteiger partial charge in [0.05, 0.1) is 6.61 Å². The Bertz CT molecular complexity index is 286. The second kappa shape index (κ2) is 7.19. The molecule has 2 rings (SSSR count). The van der Waals surface area contributed by atoms with Crippen LogP contribution in [0.15, 0.2) is 0 Å². The first-order valence-corrected chi connectivity index (χ1v) is 7.03. The summed E-state index contributed by atoms with van der Waals surface area (Å²) in [5.41, 5.74) is 5.27. The Balaban J connectivity index is 1.72. The summed E-state index contributed by atoms with van der Waals surface area (Å²) in [5, 5.41) is 2.97. The van der Waals surface area contributed by atoms with Crippen LogP contribution in [0.3, 0.4) is 0 Å². The lowest BCUT2D eigenvalue weighted by Gasteiger charge is -2.35. The van der Waals surface area contributed by atoms with Crippen molar-refractivity contribution >= 4 is 5.91 Å². The molecule has 2 aliphatic heterocycles. The second-order valence-corrected chi connectivity index (χ2v) is 5.29. The second-order valence-electron chi connectivity index (χ2n) is 5.29. The molecule has 2 fully saturated rings. The third-order valence-electron chi connectivity index (χ3n) is 3.75. The molecule has 6 heteroatoms. The third-order valence-corrected chi connectivity index (χ3v) is 3.75. The van der Waals surface area contributed by atoms with Crippen LogP contribution in [-0.2, 0) is 19.0 Å². The lowest BCUT2D eigenvalue weighted by molar-refractivity contribution is -0.148. The van der Waals surface area contributed by atoms with Crippen LogP contribution in [0, 0.1) is 0 Å². The van der Waals surface area contributed by atoms with Gasteiger partial charge < -0.3 is 25.3 Å². The van der Waals surface area contributed by atoms with E-state index < -0.39 is 5.60 Å². The smallest absolute Gasteiger partial charge is 0.246 e. The number of hydrogen-bond acceptors (Lipinski definition) is 5. The van der Waals surface area contributed by atoms with Gasteiger partial charge in [0.25, 0.3) is 0 Å². The van der Waals surface area contributed by atoms with Gasteiger partial charge in [-0.05, 0) is 25.7 Å². The van der Waals surface area contributed by atoms with Crippen molar-refractivity contribution in [3.8, 4) is 0 Å². The molecule has 0 radical (unpaired) electrons. The zero-order valence-corrected chi connectivity index (χ0v) is 11.4. The first-order chi connectivity index (χ1) is 9.24. The molecule has 1 atom stereocenters. The van der Waals surface area contributed by atoms with E-state index in [1.54, 1.807) is 0 Å². The van der Waals surface area contributed by atoms with Gasteiger partial charge in [-0.25, -0.2) is 0 Å². The van der Waals surface area contributed by atoms with Gasteiger partial charge >= 0.3 is 0 Å². The summed E-state index contributed by atoms with van der Waals surface area (Å²) >= 11 is 0. The van der Waals surface area contributed by atoms with Crippen molar-refractivity contribution in [2.75, 3.05) is 39.6 Å². The minimum absolute atomic E-state index is 0.0535. The van der Waals surface area contributed by atoms with Crippen molar-refractivity contribution in [2.24, 2.45) is 5.73 Å². The molecule has 0 aliphatic carbocycles. The summed E-state index contributed by atoms with van der Waals surface area (Å²) in [4.78, 5) is 11.9. The van der Waals surface area contributed by atoms with Crippen LogP contribution in [0.5, 0.6) is 0 Å². The quantitative estimate of drug-likeness (QED) is 0.724. The van der Waals surface area contributed by atoms with Gasteiger partial charge in [0.15, 0.2) is 0 Å². The zero-order valence-electron chi connectivity index (χ0n) is 11.4. The summed E-state index contributed by atoms with van der Waals surface area (Å²) in [6, 6.07) is 0.210. The molecular weight excluding hydrogens is 248 g/mol. The van der Waals surface area contributed by atoms with Crippen LogP contribution in [0.4, 0.5) is 0 Å². The molecular formula is C13H24N2O4. The Labute approximate surface area is 113 Å². The lowest BCUT2D eigenvalue weighted by atomic mass is 9.96. The maximum Gasteiger partial charge on any atom is 0.246 e. The highest BCUT2D eigenvalue weighted by Gasteiger charge is 2.33. The van der Waals surface area contributed by atoms with Gasteiger partial charge in [-0.15, -0.1) is 0 Å². The fourth-order valence-corrected chi connectivity index (χ4v) is 2.49. The van der Waals surface area contributed by atoms with E-state index in [0.29, 0.717) is 26.4 Å². The van der Waals surface area contributed by atoms with Crippen molar-refractivity contribution in [3.05, 3.63) is 0 Å². The number of amides is 1. The molecule has 1 unspecified atom stereocenters. The molecule has 0 saturated carbocycles. The maximum absolute atomic E-state index is 11.9. The van der Waals surface area contributed by atoms with Gasteiger partial charge in [0.2, 0.25) is 5.91 Å². The van der Waals surface area contributed by atoms with Crippen molar-refractivity contribution in [3.63, 3.8) is 0 Å². The van der Waals surface area contributed by atoms with Gasteiger partial charge in [-0.3, -0.25) is 4.79 Å². The summed E-state index contributed by atoms with van der Waals surface area (Å²) < 4.78 is 16.4. The van der Waals surface area contributed by atoms with Crippen molar-refractivity contribution < 1.29 is 19.0 Å². The molecule has 3 N–H and O–H groups in total. The number of carbonyl (C=O) groups excluding carboxylic acids is 1. The average Bonchev–Trinajstić information content (AvgIpc) is 2.47. The number of nitrogens with one attached hydrogen (secondary N) is 1. The standard InChI is InChI=1S/C13H24N2O4/c14-9-13(4-1-5-18-10-13)19-8-12(16)15-11-2-6-17-7-3-11/h11H,1-10,14H2,(H,15,16). The molecule has 0 bridgehead atoms. The maximum atomic E-state index is 11.9. The van der Waals surface area contributed by atoms with Crippen molar-refractivity contribution in [2.45, 2.75) is 37.3 Å². The molecule has 19 heavy (non-hydrogen) atoms. The van der Waals surface area contributed by atoms with Crippen molar-refractivity contribution in [1.82, 2.24) is 5.32 Å². The molecule has 6 nitrogen and oxygen atoms in total. The van der Waals surface area contributed by atoms with E-state index in [-0.39, 0.29) is 18.6 Å². The van der Waals surface area contributed by atoms with Crippen LogP contribution < -0.4 is 11.1 Å². The fourth-order valence-electron chi connectivity index (χ4n) is 2.49. The lowest BCUT2D eigenvalue weighted by Crippen LogP contribution is -2.50. The minimum atomic E-state index is -0.481. The molecule has 0 aromatic carbocycles. The Morgan fingerprint density at radius 1 is 1.32 bits per heavy atom. The van der Waals surface area contributed by atoms with E-state index in [1.807, 2.05) is 0 Å². The van der Waals surface area contributed by atoms with E-state index in [1.165, 1.54) is 0 Å². The van der Waals surface area contributed by atoms with Gasteiger partial charge in [-0.2, -0.15) is 0 Å². The molecule has 110 valence electrons. The van der Waals surface area contributed by atoms with Gasteiger partial charge in [0, 0.05) is 32.4 Å². The average molecular weight is 272 g/mol. The summed E-state index contributed by atoms with van der Waals surface area (Å²) in [6.45, 7) is 3.10. The Morgan fingerprint density at radius 3 is 2.74 bits per heavy atom. The van der Waals surface area contributed by atoms with Crippen LogP contribution in [0.25, 0.3) is 0 Å². The highest BCUT2D eigenvalue weighted by Crippen LogP contribution is 2.22.